The summed E-state index contributed by atoms with van der Waals surface area (Å²) in [6.07, 6.45) is 0.367. The number of carboxylic acids is 1. The van der Waals surface area contributed by atoms with E-state index >= 15 is 0 Å². The van der Waals surface area contributed by atoms with Gasteiger partial charge in [0.1, 0.15) is 28.7 Å². The lowest BCUT2D eigenvalue weighted by atomic mass is 9.84. The van der Waals surface area contributed by atoms with Gasteiger partial charge >= 0.3 is 5.97 Å². The Labute approximate surface area is 213 Å². The minimum Gasteiger partial charge on any atom is -0.477 e. The van der Waals surface area contributed by atoms with Gasteiger partial charge < -0.3 is 10.4 Å². The Bertz CT molecular complexity index is 1120. The number of hydrogen-bond donors (Lipinski definition) is 2. The highest BCUT2D eigenvalue weighted by atomic mass is 35.5. The number of nitrogens with zero attached hydrogens (tertiary/aromatic N) is 1. The molecule has 3 atom stereocenters. The van der Waals surface area contributed by atoms with Gasteiger partial charge in [0.25, 0.3) is 5.91 Å². The van der Waals surface area contributed by atoms with Gasteiger partial charge in [-0.2, -0.15) is 0 Å². The predicted octanol–water partition coefficient (Wildman–Crippen LogP) is 3.15. The molecule has 34 heavy (non-hydrogen) atoms. The van der Waals surface area contributed by atoms with Crippen molar-refractivity contribution < 1.29 is 29.1 Å². The zero-order chi connectivity index (χ0) is 24.6. The number of carbonyl (C=O) groups excluding carboxylic acids is 4. The number of fused-ring (bicyclic) bond motifs is 1. The first-order valence-electron chi connectivity index (χ1n) is 10.5. The first-order valence-corrected chi connectivity index (χ1v) is 13.3. The smallest absolute Gasteiger partial charge is 0.352 e. The second-order valence-corrected chi connectivity index (χ2v) is 11.2. The Morgan fingerprint density at radius 2 is 2.00 bits per heavy atom. The van der Waals surface area contributed by atoms with Crippen LogP contribution in [0.4, 0.5) is 0 Å². The lowest BCUT2D eigenvalue weighted by Crippen LogP contribution is -2.70. The van der Waals surface area contributed by atoms with Crippen LogP contribution in [0.25, 0.3) is 0 Å². The molecule has 1 saturated heterocycles. The SMILES string of the molecule is O=C1CCC(CC(=O)NC2C(=O)N3C(C(=O)O)=C(CSc4ccc(Cl)cc4Cl)CS[C@@H]23)C(=O)C1. The Kier molecular flexibility index (Phi) is 7.61. The zero-order valence-electron chi connectivity index (χ0n) is 17.7. The van der Waals surface area contributed by atoms with Gasteiger partial charge in [0.05, 0.1) is 11.4 Å². The summed E-state index contributed by atoms with van der Waals surface area (Å²) in [4.78, 5) is 62.6. The Balaban J connectivity index is 1.41. The molecule has 8 nitrogen and oxygen atoms in total. The molecule has 0 spiro atoms. The van der Waals surface area contributed by atoms with Gasteiger partial charge in [-0.25, -0.2) is 4.79 Å². The van der Waals surface area contributed by atoms with E-state index in [2.05, 4.69) is 5.32 Å². The third kappa shape index (κ3) is 5.15. The van der Waals surface area contributed by atoms with Crippen molar-refractivity contribution in [3.05, 3.63) is 39.5 Å². The Morgan fingerprint density at radius 3 is 2.68 bits per heavy atom. The normalized spacial score (nSPS) is 24.6. The molecule has 2 fully saturated rings. The number of nitrogens with one attached hydrogen (secondary N) is 1. The van der Waals surface area contributed by atoms with Crippen molar-refractivity contribution in [2.75, 3.05) is 11.5 Å². The van der Waals surface area contributed by atoms with Gasteiger partial charge in [-0.1, -0.05) is 23.2 Å². The molecule has 2 N–H and O–H groups in total. The van der Waals surface area contributed by atoms with E-state index < -0.39 is 35.1 Å². The maximum Gasteiger partial charge on any atom is 0.352 e. The van der Waals surface area contributed by atoms with E-state index in [1.165, 1.54) is 28.4 Å². The third-order valence-corrected chi connectivity index (χ3v) is 9.05. The fourth-order valence-electron chi connectivity index (χ4n) is 4.15. The highest BCUT2D eigenvalue weighted by Gasteiger charge is 2.54. The second-order valence-electron chi connectivity index (χ2n) is 8.20. The van der Waals surface area contributed by atoms with Crippen molar-refractivity contribution in [2.45, 2.75) is 42.0 Å². The summed E-state index contributed by atoms with van der Waals surface area (Å²) in [5.74, 6) is -2.36. The highest BCUT2D eigenvalue weighted by Crippen LogP contribution is 2.42. The molecule has 2 unspecified atom stereocenters. The van der Waals surface area contributed by atoms with Crippen LogP contribution in [-0.4, -0.2) is 62.3 Å². The average molecular weight is 543 g/mol. The maximum atomic E-state index is 12.8. The lowest BCUT2D eigenvalue weighted by Gasteiger charge is -2.49. The fraction of sp³-hybridized carbons (Fsp3) is 0.409. The molecule has 1 aromatic rings. The summed E-state index contributed by atoms with van der Waals surface area (Å²) in [5.41, 5.74) is 0.512. The topological polar surface area (TPSA) is 121 Å². The van der Waals surface area contributed by atoms with E-state index in [9.17, 15) is 29.1 Å². The highest BCUT2D eigenvalue weighted by molar-refractivity contribution is 8.01. The van der Waals surface area contributed by atoms with Gasteiger partial charge in [0.2, 0.25) is 5.91 Å². The van der Waals surface area contributed by atoms with Gasteiger partial charge in [-0.3, -0.25) is 24.1 Å². The number of hydrogen-bond acceptors (Lipinski definition) is 7. The van der Waals surface area contributed by atoms with Crippen LogP contribution in [0.3, 0.4) is 0 Å². The van der Waals surface area contributed by atoms with Crippen LogP contribution < -0.4 is 5.32 Å². The molecule has 4 rings (SSSR count). The predicted molar refractivity (Wildman–Crippen MR) is 129 cm³/mol. The van der Waals surface area contributed by atoms with E-state index in [4.69, 9.17) is 23.2 Å². The van der Waals surface area contributed by atoms with Crippen molar-refractivity contribution in [1.29, 1.82) is 0 Å². The van der Waals surface area contributed by atoms with Gasteiger partial charge in [0, 0.05) is 40.2 Å². The monoisotopic (exact) mass is 542 g/mol. The summed E-state index contributed by atoms with van der Waals surface area (Å²) >= 11 is 14.8. The van der Waals surface area contributed by atoms with E-state index in [1.807, 2.05) is 0 Å². The van der Waals surface area contributed by atoms with Crippen molar-refractivity contribution in [2.24, 2.45) is 5.92 Å². The number of benzene rings is 1. The molecule has 2 aliphatic heterocycles. The van der Waals surface area contributed by atoms with Crippen molar-refractivity contribution >= 4 is 76.1 Å². The molecule has 2 heterocycles. The number of Topliss-reactive ketones (excluding diaryl/α,β-unsaturated/α-hetero) is 2. The summed E-state index contributed by atoms with van der Waals surface area (Å²) in [5, 5.41) is 12.9. The number of carboxylic acid groups (broad SMARTS) is 1. The van der Waals surface area contributed by atoms with Crippen molar-refractivity contribution in [3.63, 3.8) is 0 Å². The number of carbonyl (C=O) groups is 5. The van der Waals surface area contributed by atoms with Crippen LogP contribution in [0.5, 0.6) is 0 Å². The molecule has 0 radical (unpaired) electrons. The largest absolute Gasteiger partial charge is 0.477 e. The molecule has 1 aliphatic carbocycles. The van der Waals surface area contributed by atoms with E-state index in [-0.39, 0.29) is 36.5 Å². The van der Waals surface area contributed by atoms with Crippen LogP contribution in [0.1, 0.15) is 25.7 Å². The number of ketones is 2. The number of halogens is 2. The Hall–Kier alpha value is -2.01. The Morgan fingerprint density at radius 1 is 1.24 bits per heavy atom. The fourth-order valence-corrected chi connectivity index (χ4v) is 7.12. The molecular weight excluding hydrogens is 523 g/mol. The molecule has 180 valence electrons. The van der Waals surface area contributed by atoms with Crippen molar-refractivity contribution in [1.82, 2.24) is 10.2 Å². The minimum absolute atomic E-state index is 0.0715. The molecule has 3 aliphatic rings. The summed E-state index contributed by atoms with van der Waals surface area (Å²) in [7, 11) is 0. The third-order valence-electron chi connectivity index (χ3n) is 5.89. The lowest BCUT2D eigenvalue weighted by molar-refractivity contribution is -0.151. The van der Waals surface area contributed by atoms with Gasteiger partial charge in [-0.15, -0.1) is 23.5 Å². The number of thioether (sulfide) groups is 2. The summed E-state index contributed by atoms with van der Waals surface area (Å²) < 4.78 is 0. The van der Waals surface area contributed by atoms with Crippen LogP contribution in [0.15, 0.2) is 34.4 Å². The molecule has 2 amide bonds. The average Bonchev–Trinajstić information content (AvgIpc) is 2.78. The van der Waals surface area contributed by atoms with E-state index in [1.54, 1.807) is 18.2 Å². The molecule has 12 heteroatoms. The van der Waals surface area contributed by atoms with Crippen molar-refractivity contribution in [3.8, 4) is 0 Å². The summed E-state index contributed by atoms with van der Waals surface area (Å²) in [6, 6.07) is 4.20. The first kappa shape index (κ1) is 25.1. The molecule has 0 bridgehead atoms. The van der Waals surface area contributed by atoms with Gasteiger partial charge in [-0.05, 0) is 30.2 Å². The number of amides is 2. The van der Waals surface area contributed by atoms with Crippen LogP contribution >= 0.6 is 46.7 Å². The second kappa shape index (κ2) is 10.3. The zero-order valence-corrected chi connectivity index (χ0v) is 20.9. The molecule has 1 aromatic carbocycles. The van der Waals surface area contributed by atoms with E-state index in [0.717, 1.165) is 4.90 Å². The molecule has 1 saturated carbocycles. The molecule has 0 aromatic heterocycles. The maximum absolute atomic E-state index is 12.8. The van der Waals surface area contributed by atoms with E-state index in [0.29, 0.717) is 33.5 Å². The van der Waals surface area contributed by atoms with Gasteiger partial charge in [0.15, 0.2) is 0 Å². The molecular formula is C22H20Cl2N2O6S2. The first-order chi connectivity index (χ1) is 16.2. The number of rotatable bonds is 7. The number of aliphatic carboxylic acids is 1. The summed E-state index contributed by atoms with van der Waals surface area (Å²) in [6.45, 7) is 0. The van der Waals surface area contributed by atoms with Crippen LogP contribution in [0.2, 0.25) is 10.0 Å². The quantitative estimate of drug-likeness (QED) is 0.306. The minimum atomic E-state index is -1.21. The van der Waals surface area contributed by atoms with Crippen LogP contribution in [0, 0.1) is 5.92 Å². The van der Waals surface area contributed by atoms with Crippen LogP contribution in [-0.2, 0) is 24.0 Å². The number of β-lactam (4-membered cyclic amide) rings is 1. The standard InChI is InChI=1S/C22H20Cl2N2O6S2/c23-12-2-4-16(14(24)6-12)33-8-11-9-34-21-18(20(30)26(21)19(11)22(31)32)25-17(29)5-10-1-3-13(27)7-15(10)28/h2,4,6,10,18,21H,1,3,5,7-9H2,(H,25,29)(H,31,32)/t10?,18?,21-/m0/s1.